The van der Waals surface area contributed by atoms with E-state index in [4.69, 9.17) is 0 Å². The second-order valence-corrected chi connectivity index (χ2v) is 7.39. The van der Waals surface area contributed by atoms with Gasteiger partial charge in [-0.1, -0.05) is 23.1 Å². The molecule has 0 spiro atoms. The molecule has 0 aliphatic carbocycles. The molecule has 94 valence electrons. The monoisotopic (exact) mass is 317 g/mol. The second kappa shape index (κ2) is 9.85. The zero-order valence-corrected chi connectivity index (χ0v) is 13.4. The molecular formula is C8H16ClN3S4. The van der Waals surface area contributed by atoms with Gasteiger partial charge in [-0.25, -0.2) is 0 Å². The van der Waals surface area contributed by atoms with Crippen LogP contribution in [-0.2, 0) is 0 Å². The van der Waals surface area contributed by atoms with E-state index in [9.17, 15) is 0 Å². The van der Waals surface area contributed by atoms with Gasteiger partial charge in [0.2, 0.25) is 0 Å². The molecule has 0 atom stereocenters. The maximum Gasteiger partial charge on any atom is 0.175 e. The fraction of sp³-hybridized carbons (Fsp3) is 0.750. The van der Waals surface area contributed by atoms with Crippen molar-refractivity contribution in [1.82, 2.24) is 15.1 Å². The molecule has 0 N–H and O–H groups in total. The fourth-order valence-corrected chi connectivity index (χ4v) is 4.11. The van der Waals surface area contributed by atoms with Gasteiger partial charge in [0.25, 0.3) is 0 Å². The SMILES string of the molecule is CN(C)CCSCCSc1nnc(S)s1.Cl. The molecule has 16 heavy (non-hydrogen) atoms. The number of thioether (sulfide) groups is 2. The maximum absolute atomic E-state index is 4.13. The highest BCUT2D eigenvalue weighted by atomic mass is 35.5. The zero-order valence-electron chi connectivity index (χ0n) is 9.25. The minimum atomic E-state index is 0. The molecule has 3 nitrogen and oxygen atoms in total. The van der Waals surface area contributed by atoms with Crippen molar-refractivity contribution in [2.45, 2.75) is 8.68 Å². The summed E-state index contributed by atoms with van der Waals surface area (Å²) in [5.74, 6) is 3.46. The van der Waals surface area contributed by atoms with Crippen molar-refractivity contribution in [1.29, 1.82) is 0 Å². The standard InChI is InChI=1S/C8H15N3S4.ClH/c1-11(2)3-4-13-5-6-14-8-10-9-7(12)15-8;/h3-6H2,1-2H3,(H,9,12);1H. The normalized spacial score (nSPS) is 10.5. The molecule has 0 unspecified atom stereocenters. The minimum absolute atomic E-state index is 0. The van der Waals surface area contributed by atoms with Crippen LogP contribution in [0, 0.1) is 0 Å². The van der Waals surface area contributed by atoms with Crippen LogP contribution in [0.4, 0.5) is 0 Å². The molecule has 0 radical (unpaired) electrons. The van der Waals surface area contributed by atoms with E-state index < -0.39 is 0 Å². The molecule has 1 heterocycles. The number of hydrogen-bond donors (Lipinski definition) is 1. The lowest BCUT2D eigenvalue weighted by atomic mass is 10.7. The van der Waals surface area contributed by atoms with Gasteiger partial charge in [0.1, 0.15) is 0 Å². The molecular weight excluding hydrogens is 302 g/mol. The summed E-state index contributed by atoms with van der Waals surface area (Å²) in [6.45, 7) is 1.15. The molecule has 0 fully saturated rings. The summed E-state index contributed by atoms with van der Waals surface area (Å²) < 4.78 is 1.77. The van der Waals surface area contributed by atoms with Crippen LogP contribution in [0.2, 0.25) is 0 Å². The van der Waals surface area contributed by atoms with Crippen LogP contribution in [0.25, 0.3) is 0 Å². The van der Waals surface area contributed by atoms with E-state index >= 15 is 0 Å². The Bertz CT molecular complexity index is 282. The Hall–Kier alpha value is 0.860. The lowest BCUT2D eigenvalue weighted by molar-refractivity contribution is 0.437. The molecule has 1 rings (SSSR count). The van der Waals surface area contributed by atoms with E-state index in [0.29, 0.717) is 0 Å². The van der Waals surface area contributed by atoms with Crippen LogP contribution in [-0.4, -0.2) is 53.0 Å². The second-order valence-electron chi connectivity index (χ2n) is 3.11. The number of rotatable bonds is 7. The van der Waals surface area contributed by atoms with Gasteiger partial charge in [-0.2, -0.15) is 11.8 Å². The van der Waals surface area contributed by atoms with Gasteiger partial charge >= 0.3 is 0 Å². The lowest BCUT2D eigenvalue weighted by Gasteiger charge is -2.07. The van der Waals surface area contributed by atoms with Crippen molar-refractivity contribution in [3.8, 4) is 0 Å². The summed E-state index contributed by atoms with van der Waals surface area (Å²) >= 11 is 9.42. The Kier molecular flexibility index (Phi) is 10.4. The average molecular weight is 318 g/mol. The van der Waals surface area contributed by atoms with E-state index in [0.717, 1.165) is 21.0 Å². The molecule has 8 heteroatoms. The van der Waals surface area contributed by atoms with E-state index in [-0.39, 0.29) is 12.4 Å². The fourth-order valence-electron chi connectivity index (χ4n) is 0.798. The number of hydrogen-bond acceptors (Lipinski definition) is 7. The first kappa shape index (κ1) is 16.9. The number of aromatic nitrogens is 2. The third-order valence-electron chi connectivity index (χ3n) is 1.53. The molecule has 1 aromatic rings. The van der Waals surface area contributed by atoms with Crippen molar-refractivity contribution in [3.63, 3.8) is 0 Å². The van der Waals surface area contributed by atoms with Crippen LogP contribution in [0.3, 0.4) is 0 Å². The molecule has 0 aliphatic heterocycles. The summed E-state index contributed by atoms with van der Waals surface area (Å²) in [5, 5.41) is 7.85. The topological polar surface area (TPSA) is 29.0 Å². The van der Waals surface area contributed by atoms with Crippen LogP contribution < -0.4 is 0 Å². The number of thiol groups is 1. The van der Waals surface area contributed by atoms with E-state index in [1.807, 2.05) is 11.8 Å². The van der Waals surface area contributed by atoms with Gasteiger partial charge in [-0.3, -0.25) is 0 Å². The Morgan fingerprint density at radius 3 is 2.56 bits per heavy atom. The highest BCUT2D eigenvalue weighted by molar-refractivity contribution is 8.03. The van der Waals surface area contributed by atoms with E-state index in [1.165, 1.54) is 11.5 Å². The molecule has 0 amide bonds. The minimum Gasteiger partial charge on any atom is -0.309 e. The van der Waals surface area contributed by atoms with Crippen molar-refractivity contribution < 1.29 is 0 Å². The van der Waals surface area contributed by atoms with Crippen molar-refractivity contribution in [2.24, 2.45) is 0 Å². The number of halogens is 1. The summed E-state index contributed by atoms with van der Waals surface area (Å²) in [7, 11) is 4.20. The molecule has 0 aliphatic rings. The lowest BCUT2D eigenvalue weighted by Crippen LogP contribution is -2.15. The summed E-state index contributed by atoms with van der Waals surface area (Å²) in [6.07, 6.45) is 0. The van der Waals surface area contributed by atoms with E-state index in [2.05, 4.69) is 41.8 Å². The van der Waals surface area contributed by atoms with Gasteiger partial charge < -0.3 is 4.90 Å². The predicted octanol–water partition coefficient (Wildman–Crippen LogP) is 2.64. The van der Waals surface area contributed by atoms with Gasteiger partial charge in [0.05, 0.1) is 0 Å². The highest BCUT2D eigenvalue weighted by Gasteiger charge is 2.01. The Balaban J connectivity index is 0.00000225. The van der Waals surface area contributed by atoms with Crippen LogP contribution in [0.1, 0.15) is 0 Å². The zero-order chi connectivity index (χ0) is 11.1. The van der Waals surface area contributed by atoms with Crippen molar-refractivity contribution in [3.05, 3.63) is 0 Å². The van der Waals surface area contributed by atoms with Gasteiger partial charge in [-0.15, -0.1) is 35.2 Å². The largest absolute Gasteiger partial charge is 0.309 e. The molecule has 0 saturated carbocycles. The molecule has 0 aromatic carbocycles. The Labute approximate surface area is 121 Å². The van der Waals surface area contributed by atoms with Gasteiger partial charge in [0, 0.05) is 23.8 Å². The summed E-state index contributed by atoms with van der Waals surface area (Å²) in [6, 6.07) is 0. The Morgan fingerprint density at radius 2 is 2.00 bits per heavy atom. The molecule has 1 aromatic heterocycles. The van der Waals surface area contributed by atoms with Gasteiger partial charge in [0.15, 0.2) is 8.68 Å². The number of nitrogens with zero attached hydrogens (tertiary/aromatic N) is 3. The van der Waals surface area contributed by atoms with Crippen molar-refractivity contribution >= 4 is 59.9 Å². The third kappa shape index (κ3) is 8.03. The highest BCUT2D eigenvalue weighted by Crippen LogP contribution is 2.24. The maximum atomic E-state index is 4.13. The summed E-state index contributed by atoms with van der Waals surface area (Å²) in [4.78, 5) is 2.21. The molecule has 0 saturated heterocycles. The first-order valence-electron chi connectivity index (χ1n) is 4.56. The van der Waals surface area contributed by atoms with Crippen LogP contribution in [0.5, 0.6) is 0 Å². The first-order valence-corrected chi connectivity index (χ1v) is 7.96. The van der Waals surface area contributed by atoms with Crippen LogP contribution in [0.15, 0.2) is 8.68 Å². The average Bonchev–Trinajstić information content (AvgIpc) is 2.57. The Morgan fingerprint density at radius 1 is 1.25 bits per heavy atom. The van der Waals surface area contributed by atoms with Crippen molar-refractivity contribution in [2.75, 3.05) is 37.9 Å². The quantitative estimate of drug-likeness (QED) is 0.474. The summed E-state index contributed by atoms with van der Waals surface area (Å²) in [5.41, 5.74) is 0. The van der Waals surface area contributed by atoms with E-state index in [1.54, 1.807) is 23.1 Å². The first-order chi connectivity index (χ1) is 7.18. The van der Waals surface area contributed by atoms with Crippen LogP contribution >= 0.6 is 59.9 Å². The third-order valence-corrected chi connectivity index (χ3v) is 4.98. The van der Waals surface area contributed by atoms with Gasteiger partial charge in [-0.05, 0) is 14.1 Å². The smallest absolute Gasteiger partial charge is 0.175 e. The molecule has 0 bridgehead atoms. The predicted molar refractivity (Wildman–Crippen MR) is 81.0 cm³/mol.